The van der Waals surface area contributed by atoms with Crippen molar-refractivity contribution in [1.82, 2.24) is 0 Å². The fourth-order valence-electron chi connectivity index (χ4n) is 2.79. The predicted octanol–water partition coefficient (Wildman–Crippen LogP) is 5.42. The maximum absolute atomic E-state index is 9.40. The quantitative estimate of drug-likeness (QED) is 0.592. The summed E-state index contributed by atoms with van der Waals surface area (Å²) in [5.74, 6) is 2.50. The van der Waals surface area contributed by atoms with Crippen LogP contribution in [-0.2, 0) is 6.42 Å². The molecule has 0 amide bonds. The summed E-state index contributed by atoms with van der Waals surface area (Å²) in [5.41, 5.74) is 3.27. The van der Waals surface area contributed by atoms with Crippen LogP contribution >= 0.6 is 0 Å². The standard InChI is InChI=1S/C10H12O2.C8H10O.C6H6O/c1-7-9(11)5-4-8-3-2-6-12-10(7)8;1-7-5-3-4-6-8(7)9-2;7-6-4-2-1-3-5-6/h4-5,11H,2-3,6H2,1H3;3-6H,1-2H3;1-5,7H. The van der Waals surface area contributed by atoms with Crippen molar-refractivity contribution < 1.29 is 19.7 Å². The number of aromatic hydroxyl groups is 2. The fraction of sp³-hybridized carbons (Fsp3) is 0.250. The molecule has 0 aliphatic carbocycles. The highest BCUT2D eigenvalue weighted by atomic mass is 16.5. The van der Waals surface area contributed by atoms with E-state index in [1.807, 2.05) is 50.2 Å². The number of aryl methyl sites for hydroxylation is 2. The van der Waals surface area contributed by atoms with Gasteiger partial charge < -0.3 is 19.7 Å². The van der Waals surface area contributed by atoms with Gasteiger partial charge in [-0.15, -0.1) is 0 Å². The normalized spacial score (nSPS) is 11.5. The first-order valence-electron chi connectivity index (χ1n) is 9.30. The van der Waals surface area contributed by atoms with Gasteiger partial charge in [0, 0.05) is 5.56 Å². The van der Waals surface area contributed by atoms with Crippen LogP contribution in [0.3, 0.4) is 0 Å². The molecule has 0 fully saturated rings. The van der Waals surface area contributed by atoms with Crippen molar-refractivity contribution >= 4 is 0 Å². The minimum absolute atomic E-state index is 0.322. The van der Waals surface area contributed by atoms with Crippen LogP contribution in [-0.4, -0.2) is 23.9 Å². The van der Waals surface area contributed by atoms with Crippen molar-refractivity contribution in [2.45, 2.75) is 26.7 Å². The van der Waals surface area contributed by atoms with Crippen LogP contribution < -0.4 is 9.47 Å². The maximum atomic E-state index is 9.40. The number of methoxy groups -OCH3 is 1. The van der Waals surface area contributed by atoms with E-state index in [2.05, 4.69) is 0 Å². The zero-order chi connectivity index (χ0) is 20.4. The van der Waals surface area contributed by atoms with Crippen LogP contribution in [0.15, 0.2) is 66.7 Å². The predicted molar refractivity (Wildman–Crippen MR) is 112 cm³/mol. The third-order valence-electron chi connectivity index (χ3n) is 4.37. The van der Waals surface area contributed by atoms with E-state index in [9.17, 15) is 5.11 Å². The third kappa shape index (κ3) is 6.23. The minimum atomic E-state index is 0.322. The Kier molecular flexibility index (Phi) is 8.22. The zero-order valence-corrected chi connectivity index (χ0v) is 16.7. The van der Waals surface area contributed by atoms with Crippen molar-refractivity contribution in [2.75, 3.05) is 13.7 Å². The highest BCUT2D eigenvalue weighted by molar-refractivity contribution is 5.49. The van der Waals surface area contributed by atoms with Crippen LogP contribution in [0.25, 0.3) is 0 Å². The summed E-state index contributed by atoms with van der Waals surface area (Å²) < 4.78 is 10.5. The summed E-state index contributed by atoms with van der Waals surface area (Å²) in [6, 6.07) is 20.3. The molecule has 4 nitrogen and oxygen atoms in total. The summed E-state index contributed by atoms with van der Waals surface area (Å²) in [6.45, 7) is 4.69. The molecule has 0 saturated carbocycles. The number of benzene rings is 3. The first kappa shape index (κ1) is 21.2. The molecular formula is C24H28O4. The van der Waals surface area contributed by atoms with Gasteiger partial charge >= 0.3 is 0 Å². The Balaban J connectivity index is 0.000000157. The average molecular weight is 380 g/mol. The Morgan fingerprint density at radius 2 is 1.54 bits per heavy atom. The van der Waals surface area contributed by atoms with Gasteiger partial charge in [-0.05, 0) is 62.1 Å². The van der Waals surface area contributed by atoms with Crippen molar-refractivity contribution in [3.8, 4) is 23.0 Å². The average Bonchev–Trinajstić information content (AvgIpc) is 2.73. The van der Waals surface area contributed by atoms with Gasteiger partial charge in [-0.2, -0.15) is 0 Å². The number of ether oxygens (including phenoxy) is 2. The zero-order valence-electron chi connectivity index (χ0n) is 16.7. The van der Waals surface area contributed by atoms with Crippen molar-refractivity contribution in [3.05, 3.63) is 83.4 Å². The van der Waals surface area contributed by atoms with E-state index < -0.39 is 0 Å². The molecule has 1 heterocycles. The van der Waals surface area contributed by atoms with Gasteiger partial charge in [0.2, 0.25) is 0 Å². The molecule has 0 bridgehead atoms. The molecule has 2 N–H and O–H groups in total. The minimum Gasteiger partial charge on any atom is -0.508 e. The number of rotatable bonds is 1. The van der Waals surface area contributed by atoms with Gasteiger partial charge in [0.15, 0.2) is 0 Å². The van der Waals surface area contributed by atoms with E-state index >= 15 is 0 Å². The van der Waals surface area contributed by atoms with Gasteiger partial charge in [0.25, 0.3) is 0 Å². The highest BCUT2D eigenvalue weighted by Crippen LogP contribution is 2.33. The monoisotopic (exact) mass is 380 g/mol. The molecule has 0 atom stereocenters. The SMILES string of the molecule is COc1ccccc1C.Cc1c(O)ccc2c1OCCC2.Oc1ccccc1. The molecule has 0 spiro atoms. The Labute approximate surface area is 167 Å². The largest absolute Gasteiger partial charge is 0.508 e. The van der Waals surface area contributed by atoms with E-state index in [1.54, 1.807) is 37.4 Å². The van der Waals surface area contributed by atoms with Crippen LogP contribution in [0.5, 0.6) is 23.0 Å². The summed E-state index contributed by atoms with van der Waals surface area (Å²) in [5, 5.41) is 18.0. The second kappa shape index (κ2) is 10.9. The summed E-state index contributed by atoms with van der Waals surface area (Å²) in [7, 11) is 1.68. The Bertz CT molecular complexity index is 860. The Morgan fingerprint density at radius 3 is 2.11 bits per heavy atom. The lowest BCUT2D eigenvalue weighted by molar-refractivity contribution is 0.284. The molecule has 4 heteroatoms. The number of fused-ring (bicyclic) bond motifs is 1. The van der Waals surface area contributed by atoms with E-state index in [0.29, 0.717) is 11.5 Å². The van der Waals surface area contributed by atoms with Gasteiger partial charge in [0.05, 0.1) is 13.7 Å². The molecule has 3 aromatic rings. The first-order chi connectivity index (χ1) is 13.5. The lowest BCUT2D eigenvalue weighted by Gasteiger charge is -2.19. The van der Waals surface area contributed by atoms with Gasteiger partial charge in [-0.25, -0.2) is 0 Å². The maximum Gasteiger partial charge on any atom is 0.129 e. The van der Waals surface area contributed by atoms with E-state index in [4.69, 9.17) is 14.6 Å². The molecule has 4 rings (SSSR count). The lowest BCUT2D eigenvalue weighted by atomic mass is 10.0. The number of hydrogen-bond acceptors (Lipinski definition) is 4. The first-order valence-corrected chi connectivity index (χ1v) is 9.30. The van der Waals surface area contributed by atoms with E-state index in [-0.39, 0.29) is 0 Å². The Hall–Kier alpha value is -3.14. The number of para-hydroxylation sites is 2. The summed E-state index contributed by atoms with van der Waals surface area (Å²) in [6.07, 6.45) is 2.15. The summed E-state index contributed by atoms with van der Waals surface area (Å²) in [4.78, 5) is 0. The summed E-state index contributed by atoms with van der Waals surface area (Å²) >= 11 is 0. The van der Waals surface area contributed by atoms with Crippen LogP contribution in [0.2, 0.25) is 0 Å². The third-order valence-corrected chi connectivity index (χ3v) is 4.37. The Morgan fingerprint density at radius 1 is 0.857 bits per heavy atom. The molecule has 0 radical (unpaired) electrons. The van der Waals surface area contributed by atoms with E-state index in [0.717, 1.165) is 36.5 Å². The van der Waals surface area contributed by atoms with Crippen molar-refractivity contribution in [3.63, 3.8) is 0 Å². The fourth-order valence-corrected chi connectivity index (χ4v) is 2.79. The smallest absolute Gasteiger partial charge is 0.129 e. The highest BCUT2D eigenvalue weighted by Gasteiger charge is 2.14. The second-order valence-corrected chi connectivity index (χ2v) is 6.46. The van der Waals surface area contributed by atoms with E-state index in [1.165, 1.54) is 11.1 Å². The number of phenols is 2. The van der Waals surface area contributed by atoms with Crippen LogP contribution in [0, 0.1) is 13.8 Å². The van der Waals surface area contributed by atoms with Crippen molar-refractivity contribution in [2.24, 2.45) is 0 Å². The van der Waals surface area contributed by atoms with Gasteiger partial charge in [-0.3, -0.25) is 0 Å². The molecule has 148 valence electrons. The molecule has 0 unspecified atom stereocenters. The molecule has 28 heavy (non-hydrogen) atoms. The lowest BCUT2D eigenvalue weighted by Crippen LogP contribution is -2.09. The topological polar surface area (TPSA) is 58.9 Å². The number of hydrogen-bond donors (Lipinski definition) is 2. The molecule has 0 saturated heterocycles. The second-order valence-electron chi connectivity index (χ2n) is 6.46. The molecule has 1 aliphatic rings. The van der Waals surface area contributed by atoms with Gasteiger partial charge in [-0.1, -0.05) is 42.5 Å². The number of phenolic OH excluding ortho intramolecular Hbond substituents is 2. The molecule has 3 aromatic carbocycles. The van der Waals surface area contributed by atoms with Crippen LogP contribution in [0.4, 0.5) is 0 Å². The van der Waals surface area contributed by atoms with Gasteiger partial charge in [0.1, 0.15) is 23.0 Å². The molecule has 0 aromatic heterocycles. The van der Waals surface area contributed by atoms with Crippen molar-refractivity contribution in [1.29, 1.82) is 0 Å². The molecular weight excluding hydrogens is 352 g/mol. The molecule has 1 aliphatic heterocycles. The van der Waals surface area contributed by atoms with Crippen LogP contribution in [0.1, 0.15) is 23.1 Å².